The van der Waals surface area contributed by atoms with Gasteiger partial charge in [-0.2, -0.15) is 15.5 Å². The van der Waals surface area contributed by atoms with Gasteiger partial charge in [0.05, 0.1) is 24.2 Å². The van der Waals surface area contributed by atoms with Crippen LogP contribution < -0.4 is 0 Å². The Bertz CT molecular complexity index is 376. The van der Waals surface area contributed by atoms with E-state index in [1.165, 1.54) is 0 Å². The van der Waals surface area contributed by atoms with Crippen molar-refractivity contribution >= 4 is 0 Å². The smallest absolute Gasteiger partial charge is 0.0991 e. The van der Waals surface area contributed by atoms with E-state index in [1.807, 2.05) is 18.2 Å². The molecule has 3 nitrogen and oxygen atoms in total. The average Bonchev–Trinajstić information content (AvgIpc) is 2.71. The van der Waals surface area contributed by atoms with Crippen LogP contribution in [0.4, 0.5) is 0 Å². The number of hydrogen-bond acceptors (Lipinski definition) is 3. The molecule has 2 rings (SSSR count). The first-order valence-electron chi connectivity index (χ1n) is 4.27. The predicted octanol–water partition coefficient (Wildman–Crippen LogP) is 2.46. The van der Waals surface area contributed by atoms with Crippen molar-refractivity contribution in [2.45, 2.75) is 12.5 Å². The van der Waals surface area contributed by atoms with Crippen LogP contribution in [0.1, 0.15) is 23.6 Å². The molecular weight excluding hydrogens is 162 g/mol. The lowest BCUT2D eigenvalue weighted by Crippen LogP contribution is -1.92. The highest BCUT2D eigenvalue weighted by Gasteiger charge is 2.14. The largest absolute Gasteiger partial charge is 0.193 e. The van der Waals surface area contributed by atoms with Crippen LogP contribution in [-0.2, 0) is 0 Å². The number of benzene rings is 1. The van der Waals surface area contributed by atoms with Gasteiger partial charge in [-0.15, -0.1) is 0 Å². The van der Waals surface area contributed by atoms with Crippen molar-refractivity contribution in [1.82, 2.24) is 0 Å². The third-order valence-corrected chi connectivity index (χ3v) is 2.12. The molecule has 0 saturated carbocycles. The number of nitriles is 1. The summed E-state index contributed by atoms with van der Waals surface area (Å²) in [6.45, 7) is 0.807. The topological polar surface area (TPSA) is 48.5 Å². The van der Waals surface area contributed by atoms with E-state index in [2.05, 4.69) is 16.3 Å². The standard InChI is InChI=1S/C10H9N3/c11-7-8-2-1-3-9(6-8)10-4-5-12-13-10/h1-3,6,10H,4-5H2. The summed E-state index contributed by atoms with van der Waals surface area (Å²) >= 11 is 0. The van der Waals surface area contributed by atoms with E-state index in [9.17, 15) is 0 Å². The number of nitrogens with zero attached hydrogens (tertiary/aromatic N) is 3. The summed E-state index contributed by atoms with van der Waals surface area (Å²) in [5.41, 5.74) is 1.79. The Balaban J connectivity index is 2.30. The molecule has 1 atom stereocenters. The van der Waals surface area contributed by atoms with E-state index in [1.54, 1.807) is 6.07 Å². The molecule has 0 saturated heterocycles. The van der Waals surface area contributed by atoms with E-state index < -0.39 is 0 Å². The maximum atomic E-state index is 8.70. The third kappa shape index (κ3) is 1.57. The predicted molar refractivity (Wildman–Crippen MR) is 48.2 cm³/mol. The first-order valence-corrected chi connectivity index (χ1v) is 4.27. The quantitative estimate of drug-likeness (QED) is 0.640. The Hall–Kier alpha value is -1.69. The zero-order valence-corrected chi connectivity index (χ0v) is 7.14. The second kappa shape index (κ2) is 3.36. The van der Waals surface area contributed by atoms with Crippen molar-refractivity contribution < 1.29 is 0 Å². The van der Waals surface area contributed by atoms with Gasteiger partial charge in [-0.25, -0.2) is 0 Å². The van der Waals surface area contributed by atoms with Crippen LogP contribution in [0.5, 0.6) is 0 Å². The zero-order valence-electron chi connectivity index (χ0n) is 7.14. The maximum Gasteiger partial charge on any atom is 0.0991 e. The fourth-order valence-corrected chi connectivity index (χ4v) is 1.44. The van der Waals surface area contributed by atoms with Gasteiger partial charge in [0.15, 0.2) is 0 Å². The van der Waals surface area contributed by atoms with Gasteiger partial charge in [0.1, 0.15) is 0 Å². The number of rotatable bonds is 1. The van der Waals surface area contributed by atoms with E-state index in [0.29, 0.717) is 5.56 Å². The molecular formula is C10H9N3. The van der Waals surface area contributed by atoms with Gasteiger partial charge in [-0.3, -0.25) is 0 Å². The molecule has 1 aliphatic heterocycles. The molecule has 0 radical (unpaired) electrons. The summed E-state index contributed by atoms with van der Waals surface area (Å²) in [5, 5.41) is 16.7. The second-order valence-corrected chi connectivity index (χ2v) is 3.02. The third-order valence-electron chi connectivity index (χ3n) is 2.12. The molecule has 1 aliphatic rings. The lowest BCUT2D eigenvalue weighted by molar-refractivity contribution is 0.741. The van der Waals surface area contributed by atoms with E-state index in [0.717, 1.165) is 18.5 Å². The lowest BCUT2D eigenvalue weighted by atomic mass is 10.0. The SMILES string of the molecule is N#Cc1cccc(C2CCN=N2)c1. The van der Waals surface area contributed by atoms with Crippen molar-refractivity contribution in [3.8, 4) is 6.07 Å². The minimum atomic E-state index is 0.174. The van der Waals surface area contributed by atoms with Crippen molar-refractivity contribution in [1.29, 1.82) is 5.26 Å². The number of azo groups is 1. The van der Waals surface area contributed by atoms with Crippen LogP contribution in [0.3, 0.4) is 0 Å². The Morgan fingerprint density at radius 1 is 1.46 bits per heavy atom. The highest BCUT2D eigenvalue weighted by atomic mass is 15.2. The van der Waals surface area contributed by atoms with E-state index in [4.69, 9.17) is 5.26 Å². The van der Waals surface area contributed by atoms with Gasteiger partial charge in [0.25, 0.3) is 0 Å². The van der Waals surface area contributed by atoms with Gasteiger partial charge >= 0.3 is 0 Å². The molecule has 3 heteroatoms. The zero-order chi connectivity index (χ0) is 9.10. The van der Waals surface area contributed by atoms with Gasteiger partial charge in [-0.1, -0.05) is 12.1 Å². The summed E-state index contributed by atoms with van der Waals surface area (Å²) < 4.78 is 0. The molecule has 0 aliphatic carbocycles. The van der Waals surface area contributed by atoms with Crippen LogP contribution >= 0.6 is 0 Å². The van der Waals surface area contributed by atoms with Crippen molar-refractivity contribution in [2.24, 2.45) is 10.2 Å². The second-order valence-electron chi connectivity index (χ2n) is 3.02. The normalized spacial score (nSPS) is 20.1. The minimum absolute atomic E-state index is 0.174. The van der Waals surface area contributed by atoms with Crippen LogP contribution in [0, 0.1) is 11.3 Å². The van der Waals surface area contributed by atoms with Crippen LogP contribution in [0.25, 0.3) is 0 Å². The van der Waals surface area contributed by atoms with Crippen molar-refractivity contribution in [3.63, 3.8) is 0 Å². The van der Waals surface area contributed by atoms with Crippen LogP contribution in [-0.4, -0.2) is 6.54 Å². The molecule has 1 aromatic carbocycles. The van der Waals surface area contributed by atoms with E-state index >= 15 is 0 Å². The average molecular weight is 171 g/mol. The van der Waals surface area contributed by atoms with E-state index in [-0.39, 0.29) is 6.04 Å². The Labute approximate surface area is 76.7 Å². The summed E-state index contributed by atoms with van der Waals surface area (Å²) in [5.74, 6) is 0. The molecule has 1 unspecified atom stereocenters. The summed E-state index contributed by atoms with van der Waals surface area (Å²) in [7, 11) is 0. The molecule has 1 aromatic rings. The highest BCUT2D eigenvalue weighted by Crippen LogP contribution is 2.26. The Kier molecular flexibility index (Phi) is 2.05. The van der Waals surface area contributed by atoms with Gasteiger partial charge in [-0.05, 0) is 24.1 Å². The Morgan fingerprint density at radius 3 is 3.08 bits per heavy atom. The lowest BCUT2D eigenvalue weighted by Gasteiger charge is -2.04. The molecule has 0 N–H and O–H groups in total. The first kappa shape index (κ1) is 7.93. The molecule has 0 fully saturated rings. The van der Waals surface area contributed by atoms with Gasteiger partial charge in [0.2, 0.25) is 0 Å². The number of hydrogen-bond donors (Lipinski definition) is 0. The maximum absolute atomic E-state index is 8.70. The molecule has 64 valence electrons. The van der Waals surface area contributed by atoms with Crippen LogP contribution in [0.2, 0.25) is 0 Å². The molecule has 0 aromatic heterocycles. The molecule has 1 heterocycles. The fraction of sp³-hybridized carbons (Fsp3) is 0.300. The summed E-state index contributed by atoms with van der Waals surface area (Å²) in [4.78, 5) is 0. The minimum Gasteiger partial charge on any atom is -0.193 e. The molecule has 13 heavy (non-hydrogen) atoms. The van der Waals surface area contributed by atoms with Crippen molar-refractivity contribution in [3.05, 3.63) is 35.4 Å². The van der Waals surface area contributed by atoms with Gasteiger partial charge < -0.3 is 0 Å². The molecule has 0 spiro atoms. The molecule has 0 amide bonds. The summed E-state index contributed by atoms with van der Waals surface area (Å²) in [6, 6.07) is 9.86. The monoisotopic (exact) mass is 171 g/mol. The highest BCUT2D eigenvalue weighted by molar-refractivity contribution is 5.34. The summed E-state index contributed by atoms with van der Waals surface area (Å²) in [6.07, 6.45) is 0.967. The first-order chi connectivity index (χ1) is 6.40. The molecule has 0 bridgehead atoms. The Morgan fingerprint density at radius 2 is 2.38 bits per heavy atom. The van der Waals surface area contributed by atoms with Gasteiger partial charge in [0, 0.05) is 0 Å². The fourth-order valence-electron chi connectivity index (χ4n) is 1.44. The van der Waals surface area contributed by atoms with Crippen LogP contribution in [0.15, 0.2) is 34.5 Å². The van der Waals surface area contributed by atoms with Crippen molar-refractivity contribution in [2.75, 3.05) is 6.54 Å².